The van der Waals surface area contributed by atoms with Crippen molar-refractivity contribution >= 4 is 30.0 Å². The predicted molar refractivity (Wildman–Crippen MR) is 200 cm³/mol. The quantitative estimate of drug-likeness (QED) is 0.0311. The summed E-state index contributed by atoms with van der Waals surface area (Å²) in [6.07, 6.45) is 7.59. The van der Waals surface area contributed by atoms with Gasteiger partial charge in [0.1, 0.15) is 5.60 Å². The zero-order valence-corrected chi connectivity index (χ0v) is 34.3. The van der Waals surface area contributed by atoms with Crippen LogP contribution in [0.5, 0.6) is 0 Å². The number of nitrogens with zero attached hydrogens (tertiary/aromatic N) is 3. The molecule has 13 nitrogen and oxygen atoms in total. The van der Waals surface area contributed by atoms with Crippen LogP contribution in [0.15, 0.2) is 15.0 Å². The van der Waals surface area contributed by atoms with E-state index in [1.165, 1.54) is 17.8 Å². The van der Waals surface area contributed by atoms with Gasteiger partial charge in [-0.2, -0.15) is 4.99 Å². The fraction of sp³-hybridized carbons (Fsp3) is 0.919. The van der Waals surface area contributed by atoms with Crippen molar-refractivity contribution in [1.82, 2.24) is 0 Å². The minimum Gasteiger partial charge on any atom is -0.376 e. The minimum atomic E-state index is -0.993. The van der Waals surface area contributed by atoms with Crippen molar-refractivity contribution < 1.29 is 47.5 Å². The van der Waals surface area contributed by atoms with E-state index in [2.05, 4.69) is 15.0 Å². The third kappa shape index (κ3) is 26.6. The van der Waals surface area contributed by atoms with Crippen molar-refractivity contribution in [2.75, 3.05) is 64.5 Å². The molecule has 0 bridgehead atoms. The van der Waals surface area contributed by atoms with Gasteiger partial charge in [0, 0.05) is 0 Å². The summed E-state index contributed by atoms with van der Waals surface area (Å²) in [6.45, 7) is 26.6. The molecule has 296 valence electrons. The highest BCUT2D eigenvalue weighted by Gasteiger charge is 2.42. The number of ether oxygens (including phenoxy) is 7. The molecule has 0 spiro atoms. The number of carbonyl (C=O) groups excluding carboxylic acids is 3. The summed E-state index contributed by atoms with van der Waals surface area (Å²) < 4.78 is 44.5. The molecular weight excluding hydrogens is 678 g/mol. The summed E-state index contributed by atoms with van der Waals surface area (Å²) in [7, 11) is 0. The summed E-state index contributed by atoms with van der Waals surface area (Å²) in [4.78, 5) is 42.1. The van der Waals surface area contributed by atoms with Gasteiger partial charge in [-0.25, -0.2) is 24.4 Å². The highest BCUT2D eigenvalue weighted by molar-refractivity contribution is 7.99. The smallest absolute Gasteiger partial charge is 0.235 e. The fourth-order valence-corrected chi connectivity index (χ4v) is 5.00. The molecule has 0 aromatic heterocycles. The Labute approximate surface area is 311 Å². The van der Waals surface area contributed by atoms with E-state index in [9.17, 15) is 14.4 Å². The number of hydrogen-bond donors (Lipinski definition) is 0. The molecule has 0 aliphatic rings. The van der Waals surface area contributed by atoms with E-state index in [-0.39, 0.29) is 25.9 Å². The Hall–Kier alpha value is -1.79. The lowest BCUT2D eigenvalue weighted by atomic mass is 9.98. The van der Waals surface area contributed by atoms with Crippen molar-refractivity contribution in [1.29, 1.82) is 0 Å². The third-order valence-electron chi connectivity index (χ3n) is 8.03. The fourth-order valence-electron chi connectivity index (χ4n) is 4.54. The number of isocyanates is 3. The van der Waals surface area contributed by atoms with Crippen LogP contribution in [0.4, 0.5) is 0 Å². The Kier molecular flexibility index (Phi) is 23.7. The predicted octanol–water partition coefficient (Wildman–Crippen LogP) is 6.75. The van der Waals surface area contributed by atoms with Crippen LogP contribution in [-0.4, -0.2) is 122 Å². The number of hydrogen-bond acceptors (Lipinski definition) is 14. The molecule has 0 aliphatic carbocycles. The molecule has 0 saturated carbocycles. The summed E-state index contributed by atoms with van der Waals surface area (Å²) in [5, 5.41) is 0. The first-order valence-electron chi connectivity index (χ1n) is 17.8. The Morgan fingerprint density at radius 1 is 0.549 bits per heavy atom. The van der Waals surface area contributed by atoms with Crippen molar-refractivity contribution in [3.8, 4) is 0 Å². The molecule has 0 N–H and O–H groups in total. The van der Waals surface area contributed by atoms with Crippen LogP contribution in [0.2, 0.25) is 0 Å². The molecule has 0 aromatic rings. The minimum absolute atomic E-state index is 0.0658. The summed E-state index contributed by atoms with van der Waals surface area (Å²) >= 11 is 1.39. The van der Waals surface area contributed by atoms with Crippen molar-refractivity contribution in [2.24, 2.45) is 15.0 Å². The SMILES string of the molecule is CC(C)OCC(COC(C)(C)CCOCSCN=C=O)(COC(C)(C)CCOC(C)(C)CCN=C=O)OC(C)(C)CCOC(C)(C)CCN=C=O. The maximum absolute atomic E-state index is 10.5. The maximum atomic E-state index is 10.5. The lowest BCUT2D eigenvalue weighted by Crippen LogP contribution is -2.55. The zero-order valence-electron chi connectivity index (χ0n) is 33.5. The van der Waals surface area contributed by atoms with Gasteiger partial charge in [-0.3, -0.25) is 0 Å². The second kappa shape index (κ2) is 24.5. The lowest BCUT2D eigenvalue weighted by Gasteiger charge is -2.44. The number of thioether (sulfide) groups is 1. The molecule has 51 heavy (non-hydrogen) atoms. The first kappa shape index (κ1) is 49.2. The van der Waals surface area contributed by atoms with Crippen LogP contribution in [0.1, 0.15) is 115 Å². The molecule has 0 saturated heterocycles. The summed E-state index contributed by atoms with van der Waals surface area (Å²) in [5.74, 6) is 0.716. The van der Waals surface area contributed by atoms with Gasteiger partial charge in [0.05, 0.1) is 98.7 Å². The molecule has 1 atom stereocenters. The molecule has 0 aliphatic heterocycles. The molecule has 1 unspecified atom stereocenters. The van der Waals surface area contributed by atoms with E-state index >= 15 is 0 Å². The van der Waals surface area contributed by atoms with Crippen LogP contribution in [0.25, 0.3) is 0 Å². The van der Waals surface area contributed by atoms with Crippen LogP contribution in [-0.2, 0) is 47.5 Å². The van der Waals surface area contributed by atoms with E-state index in [1.807, 2.05) is 83.1 Å². The molecule has 0 radical (unpaired) electrons. The van der Waals surface area contributed by atoms with Gasteiger partial charge in [0.15, 0.2) is 0 Å². The first-order chi connectivity index (χ1) is 23.6. The Morgan fingerprint density at radius 3 is 1.43 bits per heavy atom. The molecule has 14 heteroatoms. The topological polar surface area (TPSA) is 153 Å². The Balaban J connectivity index is 5.97. The van der Waals surface area contributed by atoms with Crippen molar-refractivity contribution in [2.45, 2.75) is 155 Å². The molecule has 0 aromatic carbocycles. The first-order valence-corrected chi connectivity index (χ1v) is 18.9. The van der Waals surface area contributed by atoms with E-state index < -0.39 is 33.6 Å². The summed E-state index contributed by atoms with van der Waals surface area (Å²) in [5.41, 5.74) is -3.74. The second-order valence-corrected chi connectivity index (χ2v) is 16.9. The van der Waals surface area contributed by atoms with E-state index in [0.717, 1.165) is 0 Å². The van der Waals surface area contributed by atoms with Gasteiger partial charge in [0.2, 0.25) is 18.2 Å². The maximum Gasteiger partial charge on any atom is 0.235 e. The Morgan fingerprint density at radius 2 is 0.980 bits per heavy atom. The third-order valence-corrected chi connectivity index (χ3v) is 8.68. The average Bonchev–Trinajstić information content (AvgIpc) is 3.01. The lowest BCUT2D eigenvalue weighted by molar-refractivity contribution is -0.249. The van der Waals surface area contributed by atoms with Crippen molar-refractivity contribution in [3.05, 3.63) is 0 Å². The molecule has 0 rings (SSSR count). The molecule has 0 amide bonds. The average molecular weight is 746 g/mol. The monoisotopic (exact) mass is 745 g/mol. The summed E-state index contributed by atoms with van der Waals surface area (Å²) in [6, 6.07) is 0. The van der Waals surface area contributed by atoms with E-state index in [1.54, 1.807) is 12.2 Å². The van der Waals surface area contributed by atoms with Gasteiger partial charge >= 0.3 is 0 Å². The normalized spacial score (nSPS) is 14.1. The molecular formula is C37H67N3O10S. The van der Waals surface area contributed by atoms with Gasteiger partial charge < -0.3 is 33.2 Å². The largest absolute Gasteiger partial charge is 0.376 e. The van der Waals surface area contributed by atoms with Crippen LogP contribution in [0, 0.1) is 0 Å². The van der Waals surface area contributed by atoms with Crippen LogP contribution in [0.3, 0.4) is 0 Å². The zero-order chi connectivity index (χ0) is 39.1. The molecule has 0 heterocycles. The van der Waals surface area contributed by atoms with Crippen LogP contribution >= 0.6 is 11.8 Å². The Bertz CT molecular complexity index is 1110. The number of rotatable bonds is 32. The van der Waals surface area contributed by atoms with Crippen LogP contribution < -0.4 is 0 Å². The van der Waals surface area contributed by atoms with Gasteiger partial charge in [-0.15, -0.1) is 11.8 Å². The highest BCUT2D eigenvalue weighted by atomic mass is 32.2. The molecule has 0 fully saturated rings. The van der Waals surface area contributed by atoms with Gasteiger partial charge in [-0.05, 0) is 115 Å². The standard InChI is InChI=1S/C37H67N3O10S/c1-31(2)45-23-37(24-48-34(7,8)15-20-44-30-51-29-40-28-43,50-36(11,12)17-22-47-33(5,6)14-19-39-27-42)25-49-35(9,10)16-21-46-32(3,4)13-18-38-26-41/h31H,13-25,29-30H2,1-12H3. The van der Waals surface area contributed by atoms with Crippen molar-refractivity contribution in [3.63, 3.8) is 0 Å². The van der Waals surface area contributed by atoms with Gasteiger partial charge in [0.25, 0.3) is 0 Å². The number of aliphatic imine (C=N–C) groups is 3. The van der Waals surface area contributed by atoms with Gasteiger partial charge in [-0.1, -0.05) is 0 Å². The van der Waals surface area contributed by atoms with E-state index in [0.29, 0.717) is 76.8 Å². The highest BCUT2D eigenvalue weighted by Crippen LogP contribution is 2.31. The van der Waals surface area contributed by atoms with E-state index in [4.69, 9.17) is 33.2 Å². The second-order valence-electron chi connectivity index (χ2n) is 16.0.